The zero-order chi connectivity index (χ0) is 18.5. The molecule has 8 heteroatoms. The van der Waals surface area contributed by atoms with Crippen LogP contribution in [-0.4, -0.2) is 36.5 Å². The number of ether oxygens (including phenoxy) is 2. The van der Waals surface area contributed by atoms with Crippen molar-refractivity contribution in [3.8, 4) is 22.1 Å². The molecule has 3 aromatic rings. The second-order valence-corrected chi connectivity index (χ2v) is 6.68. The molecular formula is C18H18N4O3S. The molecule has 0 aliphatic rings. The fourth-order valence-corrected chi connectivity index (χ4v) is 3.13. The highest BCUT2D eigenvalue weighted by Crippen LogP contribution is 2.27. The van der Waals surface area contributed by atoms with Crippen molar-refractivity contribution in [1.29, 1.82) is 0 Å². The monoisotopic (exact) mass is 370 g/mol. The summed E-state index contributed by atoms with van der Waals surface area (Å²) in [6, 6.07) is 11.1. The van der Waals surface area contributed by atoms with Gasteiger partial charge in [0.1, 0.15) is 0 Å². The second-order valence-electron chi connectivity index (χ2n) is 5.39. The highest BCUT2D eigenvalue weighted by atomic mass is 32.1. The molecule has 0 aliphatic heterocycles. The van der Waals surface area contributed by atoms with Gasteiger partial charge in [-0.25, -0.2) is 5.43 Å². The Balaban J connectivity index is 1.65. The Bertz CT molecular complexity index is 946. The quantitative estimate of drug-likeness (QED) is 0.515. The minimum atomic E-state index is -0.391. The first-order chi connectivity index (χ1) is 12.6. The van der Waals surface area contributed by atoms with Crippen LogP contribution in [0.3, 0.4) is 0 Å². The number of thiophene rings is 1. The van der Waals surface area contributed by atoms with E-state index in [4.69, 9.17) is 9.47 Å². The average Bonchev–Trinajstić information content (AvgIpc) is 3.30. The summed E-state index contributed by atoms with van der Waals surface area (Å²) < 4.78 is 10.4. The van der Waals surface area contributed by atoms with E-state index in [0.29, 0.717) is 11.5 Å². The van der Waals surface area contributed by atoms with Gasteiger partial charge in [-0.1, -0.05) is 0 Å². The number of hydrogen-bond acceptors (Lipinski definition) is 6. The molecule has 3 rings (SSSR count). The van der Waals surface area contributed by atoms with Crippen molar-refractivity contribution < 1.29 is 14.3 Å². The summed E-state index contributed by atoms with van der Waals surface area (Å²) in [5.41, 5.74) is 4.30. The fourth-order valence-electron chi connectivity index (χ4n) is 2.30. The third-order valence-electron chi connectivity index (χ3n) is 3.60. The molecule has 0 fully saturated rings. The number of hydrogen-bond donors (Lipinski definition) is 2. The Labute approximate surface area is 154 Å². The van der Waals surface area contributed by atoms with Crippen molar-refractivity contribution in [2.45, 2.75) is 6.92 Å². The molecule has 1 aromatic carbocycles. The third kappa shape index (κ3) is 3.92. The Morgan fingerprint density at radius 2 is 2.00 bits per heavy atom. The Kier molecular flexibility index (Phi) is 5.33. The summed E-state index contributed by atoms with van der Waals surface area (Å²) in [4.78, 5) is 14.4. The molecule has 0 atom stereocenters. The first-order valence-electron chi connectivity index (χ1n) is 7.78. The standard InChI is InChI=1S/C18H18N4O3S/c1-11-4-7-17(26-11)13-9-14(21-20-13)18(23)22-19-10-12-5-6-15(24-2)16(8-12)25-3/h4-10H,1-3H3,(H,20,21)(H,22,23)/b19-10-. The number of aromatic nitrogens is 2. The molecule has 26 heavy (non-hydrogen) atoms. The summed E-state index contributed by atoms with van der Waals surface area (Å²) in [6.07, 6.45) is 1.52. The highest BCUT2D eigenvalue weighted by molar-refractivity contribution is 7.15. The van der Waals surface area contributed by atoms with Crippen LogP contribution in [0.25, 0.3) is 10.6 Å². The van der Waals surface area contributed by atoms with Gasteiger partial charge < -0.3 is 9.47 Å². The maximum atomic E-state index is 12.2. The van der Waals surface area contributed by atoms with Crippen molar-refractivity contribution in [1.82, 2.24) is 15.6 Å². The lowest BCUT2D eigenvalue weighted by Crippen LogP contribution is -2.18. The SMILES string of the molecule is COc1ccc(/C=N\NC(=O)c2cc(-c3ccc(C)s3)[nH]n2)cc1OC. The number of nitrogens with zero attached hydrogens (tertiary/aromatic N) is 2. The van der Waals surface area contributed by atoms with E-state index >= 15 is 0 Å². The lowest BCUT2D eigenvalue weighted by atomic mass is 10.2. The molecule has 0 saturated heterocycles. The summed E-state index contributed by atoms with van der Waals surface area (Å²) in [5, 5.41) is 10.9. The fraction of sp³-hybridized carbons (Fsp3) is 0.167. The molecule has 0 radical (unpaired) electrons. The number of aryl methyl sites for hydroxylation is 1. The zero-order valence-corrected chi connectivity index (χ0v) is 15.4. The molecule has 0 saturated carbocycles. The van der Waals surface area contributed by atoms with Crippen LogP contribution < -0.4 is 14.9 Å². The molecule has 2 aromatic heterocycles. The van der Waals surface area contributed by atoms with E-state index in [1.165, 1.54) is 11.1 Å². The molecule has 1 amide bonds. The molecular weight excluding hydrogens is 352 g/mol. The van der Waals surface area contributed by atoms with Crippen molar-refractivity contribution in [2.75, 3.05) is 14.2 Å². The summed E-state index contributed by atoms with van der Waals surface area (Å²) in [5.74, 6) is 0.824. The summed E-state index contributed by atoms with van der Waals surface area (Å²) in [6.45, 7) is 2.03. The maximum Gasteiger partial charge on any atom is 0.291 e. The van der Waals surface area contributed by atoms with E-state index in [9.17, 15) is 4.79 Å². The lowest BCUT2D eigenvalue weighted by Gasteiger charge is -2.07. The Hall–Kier alpha value is -3.13. The molecule has 0 aliphatic carbocycles. The number of benzene rings is 1. The summed E-state index contributed by atoms with van der Waals surface area (Å²) in [7, 11) is 3.13. The first kappa shape index (κ1) is 17.7. The number of hydrazone groups is 1. The van der Waals surface area contributed by atoms with Gasteiger partial charge in [0.05, 0.1) is 31.0 Å². The number of carbonyl (C=O) groups is 1. The molecule has 2 heterocycles. The number of nitrogens with one attached hydrogen (secondary N) is 2. The van der Waals surface area contributed by atoms with E-state index in [0.717, 1.165) is 16.1 Å². The molecule has 0 unspecified atom stereocenters. The van der Waals surface area contributed by atoms with E-state index < -0.39 is 5.91 Å². The largest absolute Gasteiger partial charge is 0.493 e. The molecule has 2 N–H and O–H groups in total. The first-order valence-corrected chi connectivity index (χ1v) is 8.60. The van der Waals surface area contributed by atoms with Crippen molar-refractivity contribution in [3.05, 3.63) is 52.5 Å². The van der Waals surface area contributed by atoms with E-state index in [1.807, 2.05) is 25.1 Å². The van der Waals surface area contributed by atoms with Crippen LogP contribution in [0.1, 0.15) is 20.9 Å². The van der Waals surface area contributed by atoms with E-state index in [2.05, 4.69) is 20.7 Å². The minimum Gasteiger partial charge on any atom is -0.493 e. The predicted octanol–water partition coefficient (Wildman–Crippen LogP) is 3.23. The van der Waals surface area contributed by atoms with Crippen LogP contribution in [0.4, 0.5) is 0 Å². The molecule has 0 bridgehead atoms. The second kappa shape index (κ2) is 7.83. The number of aromatic amines is 1. The number of rotatable bonds is 6. The zero-order valence-electron chi connectivity index (χ0n) is 14.6. The molecule has 0 spiro atoms. The van der Waals surface area contributed by atoms with Gasteiger partial charge in [0.25, 0.3) is 5.91 Å². The van der Waals surface area contributed by atoms with Gasteiger partial charge >= 0.3 is 0 Å². The number of H-pyrrole nitrogens is 1. The predicted molar refractivity (Wildman–Crippen MR) is 101 cm³/mol. The number of amides is 1. The topological polar surface area (TPSA) is 88.6 Å². The minimum absolute atomic E-state index is 0.274. The van der Waals surface area contributed by atoms with Crippen LogP contribution in [0, 0.1) is 6.92 Å². The van der Waals surface area contributed by atoms with Crippen LogP contribution >= 0.6 is 11.3 Å². The van der Waals surface area contributed by atoms with Crippen LogP contribution in [-0.2, 0) is 0 Å². The van der Waals surface area contributed by atoms with Crippen LogP contribution in [0.2, 0.25) is 0 Å². The van der Waals surface area contributed by atoms with Gasteiger partial charge in [-0.2, -0.15) is 10.2 Å². The highest BCUT2D eigenvalue weighted by Gasteiger charge is 2.11. The molecule has 134 valence electrons. The van der Waals surface area contributed by atoms with Crippen molar-refractivity contribution in [2.24, 2.45) is 5.10 Å². The van der Waals surface area contributed by atoms with Gasteiger partial charge in [-0.3, -0.25) is 9.89 Å². The van der Waals surface area contributed by atoms with Gasteiger partial charge in [0.15, 0.2) is 17.2 Å². The van der Waals surface area contributed by atoms with E-state index in [1.54, 1.807) is 43.8 Å². The van der Waals surface area contributed by atoms with Gasteiger partial charge in [0.2, 0.25) is 0 Å². The van der Waals surface area contributed by atoms with Crippen LogP contribution in [0.15, 0.2) is 41.5 Å². The number of carbonyl (C=O) groups excluding carboxylic acids is 1. The summed E-state index contributed by atoms with van der Waals surface area (Å²) >= 11 is 1.63. The molecule has 7 nitrogen and oxygen atoms in total. The normalized spacial score (nSPS) is 10.9. The van der Waals surface area contributed by atoms with Gasteiger partial charge in [-0.05, 0) is 48.9 Å². The van der Waals surface area contributed by atoms with Crippen LogP contribution in [0.5, 0.6) is 11.5 Å². The Morgan fingerprint density at radius 3 is 2.69 bits per heavy atom. The smallest absolute Gasteiger partial charge is 0.291 e. The number of methoxy groups -OCH3 is 2. The maximum absolute atomic E-state index is 12.2. The van der Waals surface area contributed by atoms with E-state index in [-0.39, 0.29) is 5.69 Å². The third-order valence-corrected chi connectivity index (χ3v) is 4.64. The van der Waals surface area contributed by atoms with Crippen molar-refractivity contribution >= 4 is 23.5 Å². The Morgan fingerprint density at radius 1 is 1.19 bits per heavy atom. The lowest BCUT2D eigenvalue weighted by molar-refractivity contribution is 0.0950. The van der Waals surface area contributed by atoms with Gasteiger partial charge in [0, 0.05) is 4.88 Å². The van der Waals surface area contributed by atoms with Gasteiger partial charge in [-0.15, -0.1) is 11.3 Å². The average molecular weight is 370 g/mol. The van der Waals surface area contributed by atoms with Crippen molar-refractivity contribution in [3.63, 3.8) is 0 Å².